The van der Waals surface area contributed by atoms with E-state index in [9.17, 15) is 23.1 Å². The van der Waals surface area contributed by atoms with Crippen LogP contribution in [0, 0.1) is 0 Å². The topological polar surface area (TPSA) is 78.8 Å². The molecule has 0 aliphatic carbocycles. The van der Waals surface area contributed by atoms with Gasteiger partial charge in [-0.25, -0.2) is 0 Å². The second kappa shape index (κ2) is 4.98. The first-order valence-corrected chi connectivity index (χ1v) is 4.66. The molecule has 8 heteroatoms. The molecule has 0 aromatic carbocycles. The van der Waals surface area contributed by atoms with Crippen molar-refractivity contribution in [3.63, 3.8) is 0 Å². The number of ether oxygens (including phenoxy) is 1. The molecule has 1 aliphatic heterocycles. The SMILES string of the molecule is O=C(N[C@@H]1CC[C@@H](CO)O[C@H]1O)C(F)(F)F. The lowest BCUT2D eigenvalue weighted by Gasteiger charge is -2.33. The van der Waals surface area contributed by atoms with Gasteiger partial charge in [0, 0.05) is 0 Å². The maximum absolute atomic E-state index is 11.9. The number of amides is 1. The summed E-state index contributed by atoms with van der Waals surface area (Å²) in [6.07, 6.45) is -6.72. The van der Waals surface area contributed by atoms with Crippen molar-refractivity contribution in [2.24, 2.45) is 0 Å². The lowest BCUT2D eigenvalue weighted by molar-refractivity contribution is -0.198. The molecule has 1 rings (SSSR count). The smallest absolute Gasteiger partial charge is 0.394 e. The molecule has 1 saturated heterocycles. The van der Waals surface area contributed by atoms with E-state index in [0.29, 0.717) is 0 Å². The van der Waals surface area contributed by atoms with Crippen LogP contribution in [0.3, 0.4) is 0 Å². The molecule has 5 nitrogen and oxygen atoms in total. The highest BCUT2D eigenvalue weighted by Crippen LogP contribution is 2.20. The quantitative estimate of drug-likeness (QED) is 0.612. The van der Waals surface area contributed by atoms with Crippen LogP contribution in [0.15, 0.2) is 0 Å². The van der Waals surface area contributed by atoms with Gasteiger partial charge in [0.2, 0.25) is 0 Å². The van der Waals surface area contributed by atoms with Crippen molar-refractivity contribution in [2.75, 3.05) is 6.61 Å². The number of rotatable bonds is 2. The van der Waals surface area contributed by atoms with Crippen molar-refractivity contribution >= 4 is 5.91 Å². The van der Waals surface area contributed by atoms with Gasteiger partial charge in [0.25, 0.3) is 0 Å². The van der Waals surface area contributed by atoms with Gasteiger partial charge in [0.05, 0.1) is 18.8 Å². The van der Waals surface area contributed by atoms with Gasteiger partial charge in [-0.1, -0.05) is 0 Å². The van der Waals surface area contributed by atoms with Crippen molar-refractivity contribution in [3.8, 4) is 0 Å². The Labute approximate surface area is 89.2 Å². The molecule has 0 bridgehead atoms. The van der Waals surface area contributed by atoms with Crippen LogP contribution in [0.4, 0.5) is 13.2 Å². The number of alkyl halides is 3. The number of hydrogen-bond acceptors (Lipinski definition) is 4. The normalized spacial score (nSPS) is 31.2. The summed E-state index contributed by atoms with van der Waals surface area (Å²) in [6, 6.07) is -1.10. The molecular formula is C8H12F3NO4. The standard InChI is InChI=1S/C8H12F3NO4/c9-8(10,11)7(15)12-5-2-1-4(3-13)16-6(5)14/h4-6,13-14H,1-3H2,(H,12,15)/t4-,5+,6+/m0/s1. The maximum atomic E-state index is 11.9. The summed E-state index contributed by atoms with van der Waals surface area (Å²) < 4.78 is 40.5. The van der Waals surface area contributed by atoms with E-state index in [1.807, 2.05) is 0 Å². The number of aliphatic hydroxyl groups excluding tert-OH is 2. The Morgan fingerprint density at radius 3 is 2.50 bits per heavy atom. The first kappa shape index (κ1) is 13.2. The van der Waals surface area contributed by atoms with Gasteiger partial charge < -0.3 is 20.3 Å². The third kappa shape index (κ3) is 3.32. The van der Waals surface area contributed by atoms with Crippen molar-refractivity contribution < 1.29 is 32.9 Å². The van der Waals surface area contributed by atoms with E-state index in [-0.39, 0.29) is 19.4 Å². The number of hydrogen-bond donors (Lipinski definition) is 3. The van der Waals surface area contributed by atoms with E-state index in [2.05, 4.69) is 0 Å². The molecule has 1 fully saturated rings. The Kier molecular flexibility index (Phi) is 4.11. The number of carbonyl (C=O) groups excluding carboxylic acids is 1. The number of aliphatic hydroxyl groups is 2. The van der Waals surface area contributed by atoms with Gasteiger partial charge in [-0.3, -0.25) is 4.79 Å². The first-order valence-electron chi connectivity index (χ1n) is 4.66. The molecule has 1 amide bonds. The zero-order valence-corrected chi connectivity index (χ0v) is 8.20. The molecule has 1 aliphatic rings. The highest BCUT2D eigenvalue weighted by Gasteiger charge is 2.42. The number of halogens is 3. The Morgan fingerprint density at radius 2 is 2.06 bits per heavy atom. The summed E-state index contributed by atoms with van der Waals surface area (Å²) >= 11 is 0. The van der Waals surface area contributed by atoms with Crippen molar-refractivity contribution in [1.82, 2.24) is 5.32 Å². The molecule has 0 aromatic heterocycles. The highest BCUT2D eigenvalue weighted by atomic mass is 19.4. The Morgan fingerprint density at radius 1 is 1.44 bits per heavy atom. The lowest BCUT2D eigenvalue weighted by atomic mass is 10.0. The summed E-state index contributed by atoms with van der Waals surface area (Å²) in [5, 5.41) is 19.6. The second-order valence-corrected chi connectivity index (χ2v) is 3.49. The third-order valence-corrected chi connectivity index (χ3v) is 2.25. The summed E-state index contributed by atoms with van der Waals surface area (Å²) in [7, 11) is 0. The molecule has 3 N–H and O–H groups in total. The predicted molar refractivity (Wildman–Crippen MR) is 45.2 cm³/mol. The maximum Gasteiger partial charge on any atom is 0.471 e. The van der Waals surface area contributed by atoms with Crippen molar-refractivity contribution in [2.45, 2.75) is 37.5 Å². The van der Waals surface area contributed by atoms with Gasteiger partial charge in [-0.15, -0.1) is 0 Å². The van der Waals surface area contributed by atoms with Gasteiger partial charge in [0.15, 0.2) is 6.29 Å². The molecule has 94 valence electrons. The molecule has 0 saturated carbocycles. The highest BCUT2D eigenvalue weighted by molar-refractivity contribution is 5.81. The van der Waals surface area contributed by atoms with E-state index < -0.39 is 30.5 Å². The summed E-state index contributed by atoms with van der Waals surface area (Å²) in [4.78, 5) is 10.6. The summed E-state index contributed by atoms with van der Waals surface area (Å²) in [6.45, 7) is -0.322. The number of carbonyl (C=O) groups is 1. The molecule has 0 spiro atoms. The average molecular weight is 243 g/mol. The summed E-state index contributed by atoms with van der Waals surface area (Å²) in [5.41, 5.74) is 0. The van der Waals surface area contributed by atoms with Crippen molar-refractivity contribution in [3.05, 3.63) is 0 Å². The lowest BCUT2D eigenvalue weighted by Crippen LogP contribution is -2.53. The molecular weight excluding hydrogens is 231 g/mol. The van der Waals surface area contributed by atoms with Gasteiger partial charge in [0.1, 0.15) is 0 Å². The zero-order chi connectivity index (χ0) is 12.3. The van der Waals surface area contributed by atoms with Crippen LogP contribution in [-0.4, -0.2) is 47.3 Å². The molecule has 0 radical (unpaired) electrons. The monoisotopic (exact) mass is 243 g/mol. The van der Waals surface area contributed by atoms with E-state index in [0.717, 1.165) is 0 Å². The summed E-state index contributed by atoms with van der Waals surface area (Å²) in [5.74, 6) is -2.11. The van der Waals surface area contributed by atoms with Gasteiger partial charge in [-0.2, -0.15) is 13.2 Å². The zero-order valence-electron chi connectivity index (χ0n) is 8.20. The van der Waals surface area contributed by atoms with E-state index >= 15 is 0 Å². The molecule has 16 heavy (non-hydrogen) atoms. The van der Waals surface area contributed by atoms with Crippen LogP contribution in [0.25, 0.3) is 0 Å². The minimum atomic E-state index is -4.98. The van der Waals surface area contributed by atoms with Crippen LogP contribution in [-0.2, 0) is 9.53 Å². The molecule has 1 heterocycles. The van der Waals surface area contributed by atoms with E-state index in [1.165, 1.54) is 0 Å². The fraction of sp³-hybridized carbons (Fsp3) is 0.875. The van der Waals surface area contributed by atoms with Crippen LogP contribution in [0.1, 0.15) is 12.8 Å². The number of nitrogens with one attached hydrogen (secondary N) is 1. The average Bonchev–Trinajstić information content (AvgIpc) is 2.19. The Bertz CT molecular complexity index is 258. The van der Waals surface area contributed by atoms with Gasteiger partial charge in [-0.05, 0) is 12.8 Å². The Balaban J connectivity index is 2.48. The van der Waals surface area contributed by atoms with Crippen LogP contribution < -0.4 is 5.32 Å². The van der Waals surface area contributed by atoms with Crippen LogP contribution in [0.2, 0.25) is 0 Å². The van der Waals surface area contributed by atoms with Crippen molar-refractivity contribution in [1.29, 1.82) is 0 Å². The van der Waals surface area contributed by atoms with Gasteiger partial charge >= 0.3 is 12.1 Å². The van der Waals surface area contributed by atoms with Crippen LogP contribution >= 0.6 is 0 Å². The minimum Gasteiger partial charge on any atom is -0.394 e. The fourth-order valence-corrected chi connectivity index (χ4v) is 1.40. The van der Waals surface area contributed by atoms with E-state index in [4.69, 9.17) is 9.84 Å². The molecule has 0 unspecified atom stereocenters. The predicted octanol–water partition coefficient (Wildman–Crippen LogP) is -0.477. The van der Waals surface area contributed by atoms with E-state index in [1.54, 1.807) is 5.32 Å². The minimum absolute atomic E-state index is 0.119. The molecule has 3 atom stereocenters. The third-order valence-electron chi connectivity index (χ3n) is 2.25. The largest absolute Gasteiger partial charge is 0.471 e. The molecule has 0 aromatic rings. The fourth-order valence-electron chi connectivity index (χ4n) is 1.40. The Hall–Kier alpha value is -0.860. The second-order valence-electron chi connectivity index (χ2n) is 3.49. The first-order chi connectivity index (χ1) is 7.34. The van der Waals surface area contributed by atoms with Crippen LogP contribution in [0.5, 0.6) is 0 Å².